The second-order valence-corrected chi connectivity index (χ2v) is 5.56. The van der Waals surface area contributed by atoms with Gasteiger partial charge in [-0.15, -0.1) is 0 Å². The molecule has 24 heavy (non-hydrogen) atoms. The van der Waals surface area contributed by atoms with E-state index in [-0.39, 0.29) is 11.6 Å². The average molecular weight is 343 g/mol. The first kappa shape index (κ1) is 15.9. The summed E-state index contributed by atoms with van der Waals surface area (Å²) in [6.07, 6.45) is 3.33. The third kappa shape index (κ3) is 3.69. The topological polar surface area (TPSA) is 84.7 Å². The van der Waals surface area contributed by atoms with Gasteiger partial charge in [0.05, 0.1) is 5.69 Å². The Kier molecular flexibility index (Phi) is 4.43. The molecule has 0 aromatic carbocycles. The maximum atomic E-state index is 12.6. The summed E-state index contributed by atoms with van der Waals surface area (Å²) in [7, 11) is 1.78. The summed E-state index contributed by atoms with van der Waals surface area (Å²) in [6, 6.07) is 8.75. The second kappa shape index (κ2) is 6.67. The molecule has 122 valence electrons. The molecule has 0 bridgehead atoms. The van der Waals surface area contributed by atoms with Crippen LogP contribution in [0.4, 0.5) is 17.2 Å². The van der Waals surface area contributed by atoms with E-state index in [0.29, 0.717) is 22.3 Å². The molecule has 1 amide bonds. The summed E-state index contributed by atoms with van der Waals surface area (Å²) >= 11 is 5.89. The van der Waals surface area contributed by atoms with Gasteiger partial charge in [0, 0.05) is 36.9 Å². The molecule has 8 heteroatoms. The molecule has 3 aromatic rings. The first-order valence-corrected chi connectivity index (χ1v) is 7.56. The number of nitrogens with zero attached hydrogens (tertiary/aromatic N) is 4. The van der Waals surface area contributed by atoms with Gasteiger partial charge in [0.25, 0.3) is 5.91 Å². The Morgan fingerprint density at radius 1 is 1.25 bits per heavy atom. The number of carbonyl (C=O) groups is 1. The molecule has 0 saturated carbocycles. The van der Waals surface area contributed by atoms with E-state index >= 15 is 0 Å². The van der Waals surface area contributed by atoms with Gasteiger partial charge in [-0.2, -0.15) is 5.10 Å². The Bertz CT molecular complexity index is 892. The number of pyridine rings is 2. The number of rotatable bonds is 4. The molecule has 0 aliphatic heterocycles. The predicted octanol–water partition coefficient (Wildman–Crippen LogP) is 3.17. The first-order valence-electron chi connectivity index (χ1n) is 7.18. The number of amides is 1. The fraction of sp³-hybridized carbons (Fsp3) is 0.125. The van der Waals surface area contributed by atoms with Gasteiger partial charge in [-0.3, -0.25) is 9.48 Å². The van der Waals surface area contributed by atoms with Crippen LogP contribution in [0.15, 0.2) is 42.7 Å². The Hall–Kier alpha value is -2.93. The summed E-state index contributed by atoms with van der Waals surface area (Å²) in [5.74, 6) is 0.115. The number of nitrogens with one attached hydrogen (secondary N) is 2. The summed E-state index contributed by atoms with van der Waals surface area (Å²) in [6.45, 7) is 1.82. The summed E-state index contributed by atoms with van der Waals surface area (Å²) in [5.41, 5.74) is 2.29. The van der Waals surface area contributed by atoms with Crippen molar-refractivity contribution in [2.75, 3.05) is 10.6 Å². The van der Waals surface area contributed by atoms with Crippen molar-refractivity contribution >= 4 is 34.7 Å². The molecule has 2 N–H and O–H groups in total. The Balaban J connectivity index is 1.88. The van der Waals surface area contributed by atoms with Crippen molar-refractivity contribution in [3.8, 4) is 0 Å². The Morgan fingerprint density at radius 3 is 2.79 bits per heavy atom. The maximum absolute atomic E-state index is 12.6. The van der Waals surface area contributed by atoms with Crippen LogP contribution in [0.1, 0.15) is 16.2 Å². The number of aromatic nitrogens is 4. The molecule has 0 aliphatic rings. The number of aryl methyl sites for hydroxylation is 2. The van der Waals surface area contributed by atoms with Gasteiger partial charge in [0.2, 0.25) is 0 Å². The van der Waals surface area contributed by atoms with E-state index in [1.165, 1.54) is 0 Å². The van der Waals surface area contributed by atoms with Crippen molar-refractivity contribution in [1.29, 1.82) is 0 Å². The van der Waals surface area contributed by atoms with Crippen LogP contribution in [0.3, 0.4) is 0 Å². The monoisotopic (exact) mass is 342 g/mol. The quantitative estimate of drug-likeness (QED) is 0.711. The minimum absolute atomic E-state index is 0.272. The smallest absolute Gasteiger partial charge is 0.277 e. The van der Waals surface area contributed by atoms with Crippen LogP contribution in [0.25, 0.3) is 0 Å². The lowest BCUT2D eigenvalue weighted by Gasteiger charge is -2.11. The van der Waals surface area contributed by atoms with Crippen LogP contribution in [0, 0.1) is 6.92 Å². The number of halogens is 1. The molecule has 3 aromatic heterocycles. The van der Waals surface area contributed by atoms with Crippen molar-refractivity contribution in [2.24, 2.45) is 7.05 Å². The lowest BCUT2D eigenvalue weighted by atomic mass is 10.2. The molecular weight excluding hydrogens is 328 g/mol. The largest absolute Gasteiger partial charge is 0.353 e. The standard InChI is InChI=1S/C16H15ClN6O/c1-10-3-4-12(20-11-5-7-18-13(17)9-11)15(19-10)16(24)21-14-6-8-23(2)22-14/h3-9H,1-2H3,(H,18,20)(H,21,22,24). The van der Waals surface area contributed by atoms with Crippen LogP contribution in [0.5, 0.6) is 0 Å². The number of hydrogen-bond donors (Lipinski definition) is 2. The van der Waals surface area contributed by atoms with Crippen LogP contribution >= 0.6 is 11.6 Å². The number of carbonyl (C=O) groups excluding carboxylic acids is 1. The summed E-state index contributed by atoms with van der Waals surface area (Å²) in [4.78, 5) is 20.8. The van der Waals surface area contributed by atoms with Gasteiger partial charge < -0.3 is 10.6 Å². The first-order chi connectivity index (χ1) is 11.5. The van der Waals surface area contributed by atoms with Crippen molar-refractivity contribution < 1.29 is 4.79 Å². The minimum Gasteiger partial charge on any atom is -0.353 e. The lowest BCUT2D eigenvalue weighted by molar-refractivity contribution is 0.102. The minimum atomic E-state index is -0.347. The molecule has 0 spiro atoms. The third-order valence-electron chi connectivity index (χ3n) is 3.21. The van der Waals surface area contributed by atoms with E-state index in [1.54, 1.807) is 48.4 Å². The second-order valence-electron chi connectivity index (χ2n) is 5.17. The lowest BCUT2D eigenvalue weighted by Crippen LogP contribution is -2.16. The molecule has 0 fully saturated rings. The predicted molar refractivity (Wildman–Crippen MR) is 92.7 cm³/mol. The third-order valence-corrected chi connectivity index (χ3v) is 3.42. The summed E-state index contributed by atoms with van der Waals surface area (Å²) in [5, 5.41) is 10.4. The zero-order valence-corrected chi connectivity index (χ0v) is 13.9. The van der Waals surface area contributed by atoms with Crippen molar-refractivity contribution in [3.05, 3.63) is 59.3 Å². The Labute approximate surface area is 143 Å². The van der Waals surface area contributed by atoms with Gasteiger partial charge >= 0.3 is 0 Å². The molecule has 3 rings (SSSR count). The number of anilines is 3. The van der Waals surface area contributed by atoms with Gasteiger partial charge in [0.15, 0.2) is 11.5 Å². The molecular formula is C16H15ClN6O. The van der Waals surface area contributed by atoms with Crippen molar-refractivity contribution in [3.63, 3.8) is 0 Å². The van der Waals surface area contributed by atoms with Crippen molar-refractivity contribution in [2.45, 2.75) is 6.92 Å². The van der Waals surface area contributed by atoms with E-state index in [9.17, 15) is 4.79 Å². The van der Waals surface area contributed by atoms with Crippen molar-refractivity contribution in [1.82, 2.24) is 19.7 Å². The van der Waals surface area contributed by atoms with E-state index in [2.05, 4.69) is 25.7 Å². The molecule has 3 heterocycles. The molecule has 0 saturated heterocycles. The van der Waals surface area contributed by atoms with E-state index in [0.717, 1.165) is 5.69 Å². The highest BCUT2D eigenvalue weighted by molar-refractivity contribution is 6.29. The van der Waals surface area contributed by atoms with Gasteiger partial charge in [-0.05, 0) is 31.2 Å². The van der Waals surface area contributed by atoms with E-state index < -0.39 is 0 Å². The highest BCUT2D eigenvalue weighted by Gasteiger charge is 2.15. The van der Waals surface area contributed by atoms with Crippen LogP contribution in [-0.4, -0.2) is 25.7 Å². The average Bonchev–Trinajstić information content (AvgIpc) is 2.94. The zero-order valence-electron chi connectivity index (χ0n) is 13.1. The molecule has 0 aliphatic carbocycles. The summed E-state index contributed by atoms with van der Waals surface area (Å²) < 4.78 is 1.61. The van der Waals surface area contributed by atoms with Gasteiger partial charge in [0.1, 0.15) is 5.15 Å². The van der Waals surface area contributed by atoms with Gasteiger partial charge in [-0.25, -0.2) is 9.97 Å². The molecule has 0 radical (unpaired) electrons. The molecule has 0 unspecified atom stereocenters. The highest BCUT2D eigenvalue weighted by atomic mass is 35.5. The van der Waals surface area contributed by atoms with Crippen LogP contribution < -0.4 is 10.6 Å². The van der Waals surface area contributed by atoms with Gasteiger partial charge in [-0.1, -0.05) is 11.6 Å². The van der Waals surface area contributed by atoms with Crippen LogP contribution in [-0.2, 0) is 7.05 Å². The van der Waals surface area contributed by atoms with Crippen LogP contribution in [0.2, 0.25) is 5.15 Å². The molecule has 0 atom stereocenters. The maximum Gasteiger partial charge on any atom is 0.277 e. The normalized spacial score (nSPS) is 10.5. The fourth-order valence-corrected chi connectivity index (χ4v) is 2.30. The fourth-order valence-electron chi connectivity index (χ4n) is 2.12. The molecule has 7 nitrogen and oxygen atoms in total. The van der Waals surface area contributed by atoms with E-state index in [4.69, 9.17) is 11.6 Å². The Morgan fingerprint density at radius 2 is 2.08 bits per heavy atom. The van der Waals surface area contributed by atoms with E-state index in [1.807, 2.05) is 13.0 Å². The zero-order chi connectivity index (χ0) is 17.1. The number of hydrogen-bond acceptors (Lipinski definition) is 5. The SMILES string of the molecule is Cc1ccc(Nc2ccnc(Cl)c2)c(C(=O)Nc2ccn(C)n2)n1. The highest BCUT2D eigenvalue weighted by Crippen LogP contribution is 2.22.